The Balaban J connectivity index is 1.61. The fourth-order valence-electron chi connectivity index (χ4n) is 3.57. The molecule has 3 rings (SSSR count). The minimum Gasteiger partial charge on any atom is -0.488 e. The van der Waals surface area contributed by atoms with E-state index in [1.807, 2.05) is 13.0 Å². The number of ether oxygens (including phenoxy) is 1. The first-order valence-corrected chi connectivity index (χ1v) is 7.74. The predicted octanol–water partition coefficient (Wildman–Crippen LogP) is 2.49. The van der Waals surface area contributed by atoms with Gasteiger partial charge in [-0.2, -0.15) is 0 Å². The Hall–Kier alpha value is -1.55. The van der Waals surface area contributed by atoms with Crippen molar-refractivity contribution < 1.29 is 14.6 Å². The number of aryl methyl sites for hydroxylation is 1. The molecule has 2 heterocycles. The Labute approximate surface area is 125 Å². The maximum absolute atomic E-state index is 11.5. The van der Waals surface area contributed by atoms with Gasteiger partial charge in [0.1, 0.15) is 11.9 Å². The van der Waals surface area contributed by atoms with Crippen LogP contribution < -0.4 is 4.74 Å². The van der Waals surface area contributed by atoms with Crippen molar-refractivity contribution in [3.05, 3.63) is 29.3 Å². The summed E-state index contributed by atoms with van der Waals surface area (Å²) in [5, 5.41) is 9.46. The molecule has 2 atom stereocenters. The van der Waals surface area contributed by atoms with Gasteiger partial charge in [-0.15, -0.1) is 0 Å². The van der Waals surface area contributed by atoms with Crippen molar-refractivity contribution in [1.82, 2.24) is 4.90 Å². The van der Waals surface area contributed by atoms with Crippen molar-refractivity contribution in [3.8, 4) is 5.75 Å². The third-order valence-corrected chi connectivity index (χ3v) is 4.98. The highest BCUT2D eigenvalue weighted by Gasteiger charge is 2.44. The molecule has 0 aromatic heterocycles. The second-order valence-electron chi connectivity index (χ2n) is 6.48. The first kappa shape index (κ1) is 14.4. The molecular formula is C17H23NO3. The van der Waals surface area contributed by atoms with Crippen molar-refractivity contribution in [2.24, 2.45) is 5.41 Å². The number of hydrogen-bond donors (Lipinski definition) is 1. The molecule has 1 N–H and O–H groups in total. The fraction of sp³-hybridized carbons (Fsp3) is 0.588. The van der Waals surface area contributed by atoms with Gasteiger partial charge in [0.15, 0.2) is 0 Å². The summed E-state index contributed by atoms with van der Waals surface area (Å²) in [6, 6.07) is 6.30. The zero-order chi connectivity index (χ0) is 15.0. The highest BCUT2D eigenvalue weighted by Crippen LogP contribution is 2.36. The van der Waals surface area contributed by atoms with Gasteiger partial charge >= 0.3 is 5.97 Å². The number of fused-ring (bicyclic) bond motifs is 1. The molecule has 0 saturated carbocycles. The van der Waals surface area contributed by atoms with E-state index in [1.54, 1.807) is 0 Å². The molecule has 0 radical (unpaired) electrons. The summed E-state index contributed by atoms with van der Waals surface area (Å²) in [6.07, 6.45) is 2.53. The van der Waals surface area contributed by atoms with E-state index in [9.17, 15) is 9.90 Å². The number of rotatable bonds is 4. The van der Waals surface area contributed by atoms with Crippen LogP contribution in [0, 0.1) is 12.3 Å². The lowest BCUT2D eigenvalue weighted by Crippen LogP contribution is -2.38. The molecular weight excluding hydrogens is 266 g/mol. The molecule has 114 valence electrons. The molecule has 1 aromatic rings. The Kier molecular flexibility index (Phi) is 3.66. The quantitative estimate of drug-likeness (QED) is 0.925. The average molecular weight is 289 g/mol. The molecule has 1 aromatic carbocycles. The van der Waals surface area contributed by atoms with E-state index in [2.05, 4.69) is 24.0 Å². The summed E-state index contributed by atoms with van der Waals surface area (Å²) in [7, 11) is 0. The van der Waals surface area contributed by atoms with E-state index < -0.39 is 11.4 Å². The van der Waals surface area contributed by atoms with Gasteiger partial charge in [-0.3, -0.25) is 9.69 Å². The number of benzene rings is 1. The highest BCUT2D eigenvalue weighted by atomic mass is 16.5. The average Bonchev–Trinajstić information content (AvgIpc) is 3.03. The van der Waals surface area contributed by atoms with E-state index in [0.29, 0.717) is 13.0 Å². The van der Waals surface area contributed by atoms with Gasteiger partial charge in [0, 0.05) is 19.5 Å². The maximum Gasteiger partial charge on any atom is 0.310 e. The summed E-state index contributed by atoms with van der Waals surface area (Å²) in [5.74, 6) is 0.337. The minimum atomic E-state index is -0.654. The highest BCUT2D eigenvalue weighted by molar-refractivity contribution is 5.75. The molecule has 2 unspecified atom stereocenters. The molecule has 21 heavy (non-hydrogen) atoms. The number of aliphatic carboxylic acids is 1. The third kappa shape index (κ3) is 2.64. The fourth-order valence-corrected chi connectivity index (χ4v) is 3.57. The Morgan fingerprint density at radius 1 is 1.52 bits per heavy atom. The molecule has 0 bridgehead atoms. The van der Waals surface area contributed by atoms with Crippen LogP contribution in [0.3, 0.4) is 0 Å². The lowest BCUT2D eigenvalue weighted by atomic mass is 9.84. The topological polar surface area (TPSA) is 49.8 Å². The Morgan fingerprint density at radius 3 is 3.00 bits per heavy atom. The zero-order valence-corrected chi connectivity index (χ0v) is 12.8. The van der Waals surface area contributed by atoms with Crippen LogP contribution in [0.25, 0.3) is 0 Å². The monoisotopic (exact) mass is 289 g/mol. The Bertz CT molecular complexity index is 557. The molecule has 4 heteroatoms. The van der Waals surface area contributed by atoms with Crippen molar-refractivity contribution in [2.45, 2.75) is 39.2 Å². The van der Waals surface area contributed by atoms with E-state index >= 15 is 0 Å². The maximum atomic E-state index is 11.5. The molecule has 2 aliphatic heterocycles. The van der Waals surface area contributed by atoms with Crippen LogP contribution in [0.2, 0.25) is 0 Å². The van der Waals surface area contributed by atoms with Gasteiger partial charge in [-0.1, -0.05) is 24.6 Å². The molecule has 1 fully saturated rings. The van der Waals surface area contributed by atoms with Gasteiger partial charge in [-0.25, -0.2) is 0 Å². The number of likely N-dealkylation sites (tertiary alicyclic amines) is 1. The van der Waals surface area contributed by atoms with Gasteiger partial charge in [0.25, 0.3) is 0 Å². The van der Waals surface area contributed by atoms with Gasteiger partial charge in [0.2, 0.25) is 0 Å². The first-order valence-electron chi connectivity index (χ1n) is 7.74. The second-order valence-corrected chi connectivity index (χ2v) is 6.48. The number of carboxylic acid groups (broad SMARTS) is 1. The van der Waals surface area contributed by atoms with Crippen LogP contribution in [-0.2, 0) is 11.2 Å². The summed E-state index contributed by atoms with van der Waals surface area (Å²) in [6.45, 7) is 6.39. The van der Waals surface area contributed by atoms with Crippen LogP contribution in [0.1, 0.15) is 30.9 Å². The number of carbonyl (C=O) groups is 1. The van der Waals surface area contributed by atoms with E-state index in [4.69, 9.17) is 4.74 Å². The molecule has 4 nitrogen and oxygen atoms in total. The molecule has 0 amide bonds. The van der Waals surface area contributed by atoms with Crippen LogP contribution >= 0.6 is 0 Å². The first-order chi connectivity index (χ1) is 10.0. The standard InChI is InChI=1S/C17H23NO3/c1-3-17(16(19)20)6-7-18(11-17)10-14-9-13-8-12(2)4-5-15(13)21-14/h4-5,8,14H,3,6-7,9-11H2,1-2H3,(H,19,20). The van der Waals surface area contributed by atoms with Crippen LogP contribution in [0.4, 0.5) is 0 Å². The third-order valence-electron chi connectivity index (χ3n) is 4.98. The van der Waals surface area contributed by atoms with Crippen LogP contribution in [-0.4, -0.2) is 41.7 Å². The van der Waals surface area contributed by atoms with Gasteiger partial charge in [-0.05, 0) is 37.9 Å². The Morgan fingerprint density at radius 2 is 2.33 bits per heavy atom. The number of nitrogens with zero attached hydrogens (tertiary/aromatic N) is 1. The lowest BCUT2D eigenvalue weighted by molar-refractivity contribution is -0.148. The molecule has 2 aliphatic rings. The summed E-state index contributed by atoms with van der Waals surface area (Å²) >= 11 is 0. The summed E-state index contributed by atoms with van der Waals surface area (Å²) < 4.78 is 6.00. The van der Waals surface area contributed by atoms with Crippen molar-refractivity contribution >= 4 is 5.97 Å². The van der Waals surface area contributed by atoms with E-state index in [-0.39, 0.29) is 6.10 Å². The van der Waals surface area contributed by atoms with E-state index in [1.165, 1.54) is 11.1 Å². The minimum absolute atomic E-state index is 0.156. The normalized spacial score (nSPS) is 28.4. The number of hydrogen-bond acceptors (Lipinski definition) is 3. The number of carboxylic acids is 1. The molecule has 0 spiro atoms. The predicted molar refractivity (Wildman–Crippen MR) is 80.7 cm³/mol. The van der Waals surface area contributed by atoms with Crippen molar-refractivity contribution in [1.29, 1.82) is 0 Å². The van der Waals surface area contributed by atoms with Crippen LogP contribution in [0.5, 0.6) is 5.75 Å². The lowest BCUT2D eigenvalue weighted by Gasteiger charge is -2.24. The molecule has 0 aliphatic carbocycles. The molecule has 1 saturated heterocycles. The van der Waals surface area contributed by atoms with Gasteiger partial charge < -0.3 is 9.84 Å². The SMILES string of the molecule is CCC1(C(=O)O)CCN(CC2Cc3cc(C)ccc3O2)C1. The van der Waals surface area contributed by atoms with Crippen LogP contribution in [0.15, 0.2) is 18.2 Å². The summed E-state index contributed by atoms with van der Waals surface area (Å²) in [5.41, 5.74) is 1.98. The second kappa shape index (κ2) is 5.34. The van der Waals surface area contributed by atoms with Crippen molar-refractivity contribution in [2.75, 3.05) is 19.6 Å². The van der Waals surface area contributed by atoms with E-state index in [0.717, 1.165) is 31.7 Å². The largest absolute Gasteiger partial charge is 0.488 e. The smallest absolute Gasteiger partial charge is 0.310 e. The van der Waals surface area contributed by atoms with Gasteiger partial charge in [0.05, 0.1) is 5.41 Å². The zero-order valence-electron chi connectivity index (χ0n) is 12.8. The van der Waals surface area contributed by atoms with Crippen molar-refractivity contribution in [3.63, 3.8) is 0 Å². The summed E-state index contributed by atoms with van der Waals surface area (Å²) in [4.78, 5) is 13.7.